The molecule has 1 heterocycles. The van der Waals surface area contributed by atoms with Crippen molar-refractivity contribution in [3.05, 3.63) is 35.6 Å². The van der Waals surface area contributed by atoms with Crippen molar-refractivity contribution in [2.75, 3.05) is 12.3 Å². The van der Waals surface area contributed by atoms with Crippen molar-refractivity contribution >= 4 is 17.8 Å². The number of rotatable bonds is 2. The molecule has 1 saturated heterocycles. The maximum Gasteiger partial charge on any atom is 0.318 e. The first-order valence-corrected chi connectivity index (χ1v) is 8.73. The van der Waals surface area contributed by atoms with Gasteiger partial charge >= 0.3 is 6.03 Å². The lowest BCUT2D eigenvalue weighted by Gasteiger charge is -2.29. The Kier molecular flexibility index (Phi) is 4.68. The summed E-state index contributed by atoms with van der Waals surface area (Å²) in [6.45, 7) is 0.727. The van der Waals surface area contributed by atoms with Crippen LogP contribution in [0.2, 0.25) is 0 Å². The van der Waals surface area contributed by atoms with E-state index in [9.17, 15) is 9.18 Å². The van der Waals surface area contributed by atoms with Gasteiger partial charge in [0.05, 0.1) is 0 Å². The first-order valence-electron chi connectivity index (χ1n) is 7.68. The number of amides is 2. The highest BCUT2D eigenvalue weighted by molar-refractivity contribution is 7.99. The van der Waals surface area contributed by atoms with Crippen molar-refractivity contribution in [3.8, 4) is 0 Å². The summed E-state index contributed by atoms with van der Waals surface area (Å²) < 4.78 is 13.4. The van der Waals surface area contributed by atoms with Gasteiger partial charge in [-0.3, -0.25) is 0 Å². The second-order valence-electron chi connectivity index (χ2n) is 5.76. The van der Waals surface area contributed by atoms with Crippen LogP contribution in [0, 0.1) is 5.82 Å². The van der Waals surface area contributed by atoms with Crippen LogP contribution in [-0.2, 0) is 0 Å². The number of nitrogens with one attached hydrogen (secondary N) is 1. The molecular formula is C16H21FN2OS. The molecule has 0 unspecified atom stereocenters. The lowest BCUT2D eigenvalue weighted by atomic mass is 9.96. The number of urea groups is 1. The number of hydrogen-bond donors (Lipinski definition) is 1. The number of halogens is 1. The first-order chi connectivity index (χ1) is 10.2. The first kappa shape index (κ1) is 14.7. The summed E-state index contributed by atoms with van der Waals surface area (Å²) in [5.74, 6) is 0.659. The average Bonchev–Trinajstić information content (AvgIpc) is 2.98. The molecule has 3 nitrogen and oxygen atoms in total. The van der Waals surface area contributed by atoms with Gasteiger partial charge < -0.3 is 10.2 Å². The molecule has 2 amide bonds. The molecule has 1 aromatic rings. The van der Waals surface area contributed by atoms with Crippen LogP contribution in [0.5, 0.6) is 0 Å². The number of thioether (sulfide) groups is 1. The maximum absolute atomic E-state index is 13.4. The lowest BCUT2D eigenvalue weighted by molar-refractivity contribution is 0.192. The Bertz CT molecular complexity index is 505. The van der Waals surface area contributed by atoms with E-state index in [1.807, 2.05) is 11.0 Å². The van der Waals surface area contributed by atoms with Crippen molar-refractivity contribution < 1.29 is 9.18 Å². The zero-order valence-electron chi connectivity index (χ0n) is 12.1. The van der Waals surface area contributed by atoms with Gasteiger partial charge in [-0.2, -0.15) is 0 Å². The average molecular weight is 308 g/mol. The second kappa shape index (κ2) is 6.69. The van der Waals surface area contributed by atoms with E-state index in [1.165, 1.54) is 31.4 Å². The number of carbonyl (C=O) groups is 1. The van der Waals surface area contributed by atoms with Crippen LogP contribution >= 0.6 is 11.8 Å². The van der Waals surface area contributed by atoms with Gasteiger partial charge in [0.15, 0.2) is 0 Å². The van der Waals surface area contributed by atoms with E-state index in [1.54, 1.807) is 17.8 Å². The fourth-order valence-electron chi connectivity index (χ4n) is 3.12. The minimum Gasteiger partial charge on any atom is -0.335 e. The number of carbonyl (C=O) groups excluding carboxylic acids is 1. The Labute approximate surface area is 129 Å². The third kappa shape index (κ3) is 3.51. The molecule has 0 aromatic heterocycles. The van der Waals surface area contributed by atoms with Crippen molar-refractivity contribution in [2.45, 2.75) is 43.5 Å². The van der Waals surface area contributed by atoms with Crippen LogP contribution in [0.15, 0.2) is 24.3 Å². The largest absolute Gasteiger partial charge is 0.335 e. The van der Waals surface area contributed by atoms with Gasteiger partial charge in [0, 0.05) is 18.3 Å². The molecule has 1 aliphatic carbocycles. The van der Waals surface area contributed by atoms with Crippen LogP contribution in [-0.4, -0.2) is 29.3 Å². The zero-order valence-corrected chi connectivity index (χ0v) is 12.9. The topological polar surface area (TPSA) is 32.3 Å². The third-order valence-corrected chi connectivity index (χ3v) is 5.48. The molecule has 1 N–H and O–H groups in total. The Hall–Kier alpha value is -1.23. The predicted octanol–water partition coefficient (Wildman–Crippen LogP) is 3.92. The predicted molar refractivity (Wildman–Crippen MR) is 83.7 cm³/mol. The fraction of sp³-hybridized carbons (Fsp3) is 0.562. The van der Waals surface area contributed by atoms with Gasteiger partial charge in [-0.05, 0) is 30.5 Å². The summed E-state index contributed by atoms with van der Waals surface area (Å²) in [6.07, 6.45) is 5.84. The minimum absolute atomic E-state index is 0.00108. The quantitative estimate of drug-likeness (QED) is 0.898. The molecule has 114 valence electrons. The third-order valence-electron chi connectivity index (χ3n) is 4.22. The van der Waals surface area contributed by atoms with E-state index < -0.39 is 0 Å². The zero-order chi connectivity index (χ0) is 14.7. The molecule has 0 bridgehead atoms. The molecule has 21 heavy (non-hydrogen) atoms. The van der Waals surface area contributed by atoms with E-state index in [4.69, 9.17) is 0 Å². The van der Waals surface area contributed by atoms with Gasteiger partial charge in [-0.15, -0.1) is 11.8 Å². The molecule has 2 fully saturated rings. The Morgan fingerprint density at radius 3 is 2.86 bits per heavy atom. The monoisotopic (exact) mass is 308 g/mol. The Morgan fingerprint density at radius 2 is 2.10 bits per heavy atom. The van der Waals surface area contributed by atoms with Gasteiger partial charge in [0.25, 0.3) is 0 Å². The van der Waals surface area contributed by atoms with Gasteiger partial charge in [-0.1, -0.05) is 31.4 Å². The van der Waals surface area contributed by atoms with Crippen LogP contribution in [0.25, 0.3) is 0 Å². The van der Waals surface area contributed by atoms with Crippen molar-refractivity contribution in [3.63, 3.8) is 0 Å². The summed E-state index contributed by atoms with van der Waals surface area (Å²) in [5, 5.41) is 3.09. The van der Waals surface area contributed by atoms with E-state index >= 15 is 0 Å². The van der Waals surface area contributed by atoms with Gasteiger partial charge in [-0.25, -0.2) is 9.18 Å². The molecular weight excluding hydrogens is 287 g/mol. The van der Waals surface area contributed by atoms with E-state index in [-0.39, 0.29) is 17.2 Å². The summed E-state index contributed by atoms with van der Waals surface area (Å²) >= 11 is 1.70. The molecule has 1 aromatic carbocycles. The molecule has 0 spiro atoms. The summed E-state index contributed by atoms with van der Waals surface area (Å²) in [6, 6.07) is 6.89. The van der Waals surface area contributed by atoms with Crippen LogP contribution < -0.4 is 5.32 Å². The molecule has 5 heteroatoms. The number of benzene rings is 1. The molecule has 2 aliphatic rings. The van der Waals surface area contributed by atoms with Crippen LogP contribution in [0.3, 0.4) is 0 Å². The maximum atomic E-state index is 13.4. The number of nitrogens with zero attached hydrogens (tertiary/aromatic N) is 1. The highest BCUT2D eigenvalue weighted by atomic mass is 32.2. The molecule has 1 saturated carbocycles. The highest BCUT2D eigenvalue weighted by Gasteiger charge is 2.32. The highest BCUT2D eigenvalue weighted by Crippen LogP contribution is 2.38. The summed E-state index contributed by atoms with van der Waals surface area (Å²) in [5.41, 5.74) is 0.872. The van der Waals surface area contributed by atoms with Gasteiger partial charge in [0.2, 0.25) is 0 Å². The van der Waals surface area contributed by atoms with E-state index in [0.29, 0.717) is 6.04 Å². The van der Waals surface area contributed by atoms with Crippen molar-refractivity contribution in [2.24, 2.45) is 0 Å². The summed E-state index contributed by atoms with van der Waals surface area (Å²) in [7, 11) is 0. The van der Waals surface area contributed by atoms with E-state index in [0.717, 1.165) is 30.7 Å². The van der Waals surface area contributed by atoms with Crippen molar-refractivity contribution in [1.82, 2.24) is 10.2 Å². The standard InChI is InChI=1S/C16H21FN2OS/c17-13-6-4-5-12(11-13)15-19(9-10-21-15)16(20)18-14-7-2-1-3-8-14/h4-6,11,14-15H,1-3,7-10H2,(H,18,20)/t15-/m1/s1. The lowest BCUT2D eigenvalue weighted by Crippen LogP contribution is -2.45. The Balaban J connectivity index is 1.67. The SMILES string of the molecule is O=C(NC1CCCCC1)N1CCS[C@@H]1c1cccc(F)c1. The smallest absolute Gasteiger partial charge is 0.318 e. The Morgan fingerprint density at radius 1 is 1.29 bits per heavy atom. The van der Waals surface area contributed by atoms with Crippen molar-refractivity contribution in [1.29, 1.82) is 0 Å². The van der Waals surface area contributed by atoms with Crippen LogP contribution in [0.1, 0.15) is 43.0 Å². The van der Waals surface area contributed by atoms with Gasteiger partial charge in [0.1, 0.15) is 11.2 Å². The summed E-state index contributed by atoms with van der Waals surface area (Å²) in [4.78, 5) is 14.3. The molecule has 1 atom stereocenters. The molecule has 1 aliphatic heterocycles. The molecule has 0 radical (unpaired) electrons. The normalized spacial score (nSPS) is 23.3. The fourth-order valence-corrected chi connectivity index (χ4v) is 4.36. The van der Waals surface area contributed by atoms with Crippen LogP contribution in [0.4, 0.5) is 9.18 Å². The van der Waals surface area contributed by atoms with E-state index in [2.05, 4.69) is 5.32 Å². The molecule has 3 rings (SSSR count). The second-order valence-corrected chi connectivity index (χ2v) is 6.94. The minimum atomic E-state index is -0.243. The number of hydrogen-bond acceptors (Lipinski definition) is 2.